The number of hydrogen-bond donors (Lipinski definition) is 0. The molecule has 0 heteroatoms. The van der Waals surface area contributed by atoms with E-state index in [-0.39, 0.29) is 0 Å². The summed E-state index contributed by atoms with van der Waals surface area (Å²) in [5, 5.41) is 0. The Hall–Kier alpha value is -2.08. The molecular formula is C28H36. The van der Waals surface area contributed by atoms with Crippen LogP contribution in [-0.4, -0.2) is 0 Å². The summed E-state index contributed by atoms with van der Waals surface area (Å²) in [6.45, 7) is 6.96. The van der Waals surface area contributed by atoms with E-state index in [1.807, 2.05) is 0 Å². The SMILES string of the molecule is CCCCC1=C(c2ccccc2)C(CCCC)C(CCC)=C1c1ccccc1. The first-order chi connectivity index (χ1) is 13.8. The van der Waals surface area contributed by atoms with Crippen molar-refractivity contribution in [3.8, 4) is 0 Å². The average Bonchev–Trinajstić information content (AvgIpc) is 3.05. The standard InChI is InChI=1S/C28H36/c1-4-7-20-25-24(15-6-3)27(22-16-11-9-12-17-22)26(21-8-5-2)28(25)23-18-13-10-14-19-23/h9-14,16-19,25H,4-8,15,20-21H2,1-3H3. The Morgan fingerprint density at radius 1 is 0.643 bits per heavy atom. The van der Waals surface area contributed by atoms with Crippen LogP contribution in [0.3, 0.4) is 0 Å². The molecule has 2 aromatic rings. The lowest BCUT2D eigenvalue weighted by molar-refractivity contribution is 0.614. The van der Waals surface area contributed by atoms with E-state index in [2.05, 4.69) is 81.4 Å². The van der Waals surface area contributed by atoms with E-state index in [4.69, 9.17) is 0 Å². The van der Waals surface area contributed by atoms with Gasteiger partial charge in [0.05, 0.1) is 0 Å². The van der Waals surface area contributed by atoms with Crippen LogP contribution in [0, 0.1) is 5.92 Å². The molecule has 0 saturated heterocycles. The van der Waals surface area contributed by atoms with Gasteiger partial charge in [0.2, 0.25) is 0 Å². The molecule has 28 heavy (non-hydrogen) atoms. The molecule has 1 unspecified atom stereocenters. The van der Waals surface area contributed by atoms with Gasteiger partial charge in [0.25, 0.3) is 0 Å². The summed E-state index contributed by atoms with van der Waals surface area (Å²) in [5.74, 6) is 0.587. The average molecular weight is 373 g/mol. The molecule has 0 nitrogen and oxygen atoms in total. The van der Waals surface area contributed by atoms with E-state index in [0.717, 1.165) is 0 Å². The zero-order valence-electron chi connectivity index (χ0n) is 18.0. The third-order valence-corrected chi connectivity index (χ3v) is 6.01. The van der Waals surface area contributed by atoms with Crippen molar-refractivity contribution in [2.24, 2.45) is 5.92 Å². The lowest BCUT2D eigenvalue weighted by atomic mass is 9.84. The number of benzene rings is 2. The summed E-state index contributed by atoms with van der Waals surface area (Å²) in [7, 11) is 0. The van der Waals surface area contributed by atoms with Crippen LogP contribution in [0.5, 0.6) is 0 Å². The number of unbranched alkanes of at least 4 members (excludes halogenated alkanes) is 2. The van der Waals surface area contributed by atoms with Gasteiger partial charge in [0.15, 0.2) is 0 Å². The first kappa shape index (κ1) is 20.6. The van der Waals surface area contributed by atoms with Crippen LogP contribution in [0.15, 0.2) is 71.8 Å². The highest BCUT2D eigenvalue weighted by molar-refractivity contribution is 5.97. The third-order valence-electron chi connectivity index (χ3n) is 6.01. The predicted molar refractivity (Wildman–Crippen MR) is 124 cm³/mol. The largest absolute Gasteiger partial charge is 0.0654 e. The first-order valence-corrected chi connectivity index (χ1v) is 11.4. The molecule has 0 amide bonds. The van der Waals surface area contributed by atoms with Crippen LogP contribution in [0.2, 0.25) is 0 Å². The molecule has 0 N–H and O–H groups in total. The predicted octanol–water partition coefficient (Wildman–Crippen LogP) is 8.70. The second-order valence-electron chi connectivity index (χ2n) is 8.07. The number of allylic oxidation sites excluding steroid dienone is 4. The molecule has 0 aliphatic heterocycles. The molecule has 2 aromatic carbocycles. The van der Waals surface area contributed by atoms with Crippen molar-refractivity contribution in [3.05, 3.63) is 82.9 Å². The molecule has 0 fully saturated rings. The number of rotatable bonds is 10. The Bertz CT molecular complexity index is 792. The summed E-state index contributed by atoms with van der Waals surface area (Å²) >= 11 is 0. The third kappa shape index (κ3) is 4.49. The fourth-order valence-electron chi connectivity index (χ4n) is 4.75. The lowest BCUT2D eigenvalue weighted by Gasteiger charge is -2.20. The molecule has 0 bridgehead atoms. The van der Waals surface area contributed by atoms with Crippen LogP contribution in [0.25, 0.3) is 11.1 Å². The summed E-state index contributed by atoms with van der Waals surface area (Å²) in [6, 6.07) is 22.4. The molecule has 0 saturated carbocycles. The smallest absolute Gasteiger partial charge is 0.00663 e. The summed E-state index contributed by atoms with van der Waals surface area (Å²) in [6.07, 6.45) is 9.99. The van der Waals surface area contributed by atoms with Crippen LogP contribution in [0.1, 0.15) is 83.3 Å². The highest BCUT2D eigenvalue weighted by atomic mass is 14.4. The van der Waals surface area contributed by atoms with Gasteiger partial charge in [-0.2, -0.15) is 0 Å². The monoisotopic (exact) mass is 372 g/mol. The van der Waals surface area contributed by atoms with Crippen molar-refractivity contribution in [2.45, 2.75) is 72.1 Å². The van der Waals surface area contributed by atoms with Crippen LogP contribution in [0.4, 0.5) is 0 Å². The Kier molecular flexibility index (Phi) is 7.71. The quantitative estimate of drug-likeness (QED) is 0.391. The zero-order chi connectivity index (χ0) is 19.8. The maximum Gasteiger partial charge on any atom is 0.00663 e. The van der Waals surface area contributed by atoms with Crippen molar-refractivity contribution < 1.29 is 0 Å². The van der Waals surface area contributed by atoms with Crippen molar-refractivity contribution in [3.63, 3.8) is 0 Å². The maximum atomic E-state index is 2.33. The van der Waals surface area contributed by atoms with Gasteiger partial charge in [-0.25, -0.2) is 0 Å². The van der Waals surface area contributed by atoms with Gasteiger partial charge in [0.1, 0.15) is 0 Å². The lowest BCUT2D eigenvalue weighted by Crippen LogP contribution is -2.05. The van der Waals surface area contributed by atoms with E-state index in [1.165, 1.54) is 62.5 Å². The summed E-state index contributed by atoms with van der Waals surface area (Å²) < 4.78 is 0. The highest BCUT2D eigenvalue weighted by Gasteiger charge is 2.33. The molecule has 1 aliphatic rings. The Labute approximate surface area is 172 Å². The highest BCUT2D eigenvalue weighted by Crippen LogP contribution is 2.51. The topological polar surface area (TPSA) is 0 Å². The molecule has 1 atom stereocenters. The summed E-state index contributed by atoms with van der Waals surface area (Å²) in [4.78, 5) is 0. The van der Waals surface area contributed by atoms with E-state index < -0.39 is 0 Å². The van der Waals surface area contributed by atoms with E-state index in [0.29, 0.717) is 5.92 Å². The van der Waals surface area contributed by atoms with Crippen molar-refractivity contribution in [1.82, 2.24) is 0 Å². The number of hydrogen-bond acceptors (Lipinski definition) is 0. The van der Waals surface area contributed by atoms with Gasteiger partial charge in [0, 0.05) is 5.92 Å². The molecule has 0 spiro atoms. The van der Waals surface area contributed by atoms with E-state index in [1.54, 1.807) is 22.3 Å². The molecule has 3 rings (SSSR count). The van der Waals surface area contributed by atoms with Crippen molar-refractivity contribution in [2.75, 3.05) is 0 Å². The van der Waals surface area contributed by atoms with Crippen molar-refractivity contribution in [1.29, 1.82) is 0 Å². The molecule has 1 aliphatic carbocycles. The maximum absolute atomic E-state index is 2.33. The van der Waals surface area contributed by atoms with Gasteiger partial charge >= 0.3 is 0 Å². The van der Waals surface area contributed by atoms with Gasteiger partial charge in [-0.05, 0) is 53.5 Å². The van der Waals surface area contributed by atoms with E-state index >= 15 is 0 Å². The van der Waals surface area contributed by atoms with E-state index in [9.17, 15) is 0 Å². The van der Waals surface area contributed by atoms with Gasteiger partial charge in [-0.1, -0.05) is 113 Å². The fraction of sp³-hybridized carbons (Fsp3) is 0.429. The van der Waals surface area contributed by atoms with Gasteiger partial charge in [-0.15, -0.1) is 0 Å². The molecule has 0 radical (unpaired) electrons. The fourth-order valence-corrected chi connectivity index (χ4v) is 4.75. The molecule has 0 heterocycles. The second kappa shape index (κ2) is 10.5. The minimum absolute atomic E-state index is 0.587. The first-order valence-electron chi connectivity index (χ1n) is 11.4. The van der Waals surface area contributed by atoms with Crippen LogP contribution in [-0.2, 0) is 0 Å². The van der Waals surface area contributed by atoms with Crippen LogP contribution >= 0.6 is 0 Å². The summed E-state index contributed by atoms with van der Waals surface area (Å²) in [5.41, 5.74) is 9.40. The minimum atomic E-state index is 0.587. The minimum Gasteiger partial charge on any atom is -0.0654 e. The Morgan fingerprint density at radius 2 is 1.25 bits per heavy atom. The van der Waals surface area contributed by atoms with Gasteiger partial charge in [-0.3, -0.25) is 0 Å². The Morgan fingerprint density at radius 3 is 1.82 bits per heavy atom. The van der Waals surface area contributed by atoms with Crippen LogP contribution < -0.4 is 0 Å². The Balaban J connectivity index is 2.20. The second-order valence-corrected chi connectivity index (χ2v) is 8.07. The molecule has 0 aromatic heterocycles. The van der Waals surface area contributed by atoms with Crippen molar-refractivity contribution >= 4 is 11.1 Å². The normalized spacial score (nSPS) is 16.9. The molecule has 148 valence electrons. The molecular weight excluding hydrogens is 336 g/mol. The zero-order valence-corrected chi connectivity index (χ0v) is 18.0. The van der Waals surface area contributed by atoms with Gasteiger partial charge < -0.3 is 0 Å².